The van der Waals surface area contributed by atoms with Gasteiger partial charge in [0.1, 0.15) is 6.04 Å². The van der Waals surface area contributed by atoms with Gasteiger partial charge in [0.15, 0.2) is 0 Å². The van der Waals surface area contributed by atoms with Crippen molar-refractivity contribution in [3.63, 3.8) is 0 Å². The van der Waals surface area contributed by atoms with Gasteiger partial charge in [0.05, 0.1) is 0 Å². The topological polar surface area (TPSA) is 49.4 Å². The molecule has 1 N–H and O–H groups in total. The van der Waals surface area contributed by atoms with Gasteiger partial charge in [-0.3, -0.25) is 9.59 Å². The van der Waals surface area contributed by atoms with Crippen LogP contribution in [0.1, 0.15) is 56.6 Å². The van der Waals surface area contributed by atoms with Crippen LogP contribution in [0.25, 0.3) is 10.8 Å². The predicted molar refractivity (Wildman–Crippen MR) is 141 cm³/mol. The average molecular weight is 521 g/mol. The lowest BCUT2D eigenvalue weighted by molar-refractivity contribution is -0.141. The van der Waals surface area contributed by atoms with E-state index in [0.29, 0.717) is 19.4 Å². The molecule has 1 aliphatic carbocycles. The van der Waals surface area contributed by atoms with Crippen LogP contribution >= 0.6 is 15.9 Å². The van der Waals surface area contributed by atoms with E-state index in [9.17, 15) is 9.59 Å². The van der Waals surface area contributed by atoms with E-state index in [1.807, 2.05) is 49.4 Å². The molecule has 34 heavy (non-hydrogen) atoms. The van der Waals surface area contributed by atoms with Gasteiger partial charge in [-0.1, -0.05) is 89.8 Å². The third kappa shape index (κ3) is 6.26. The van der Waals surface area contributed by atoms with E-state index in [0.717, 1.165) is 41.3 Å². The SMILES string of the molecule is C[C@H](C(=O)NC1CCCCC1)N(Cc1ccc(Br)cc1)C(=O)CCc1cccc2ccccc12. The number of hydrogen-bond acceptors (Lipinski definition) is 2. The third-order valence-corrected chi connectivity index (χ3v) is 7.40. The van der Waals surface area contributed by atoms with Crippen LogP contribution < -0.4 is 5.32 Å². The summed E-state index contributed by atoms with van der Waals surface area (Å²) in [6.07, 6.45) is 6.63. The molecule has 0 aromatic heterocycles. The highest BCUT2D eigenvalue weighted by Crippen LogP contribution is 2.22. The monoisotopic (exact) mass is 520 g/mol. The maximum absolute atomic E-state index is 13.5. The van der Waals surface area contributed by atoms with E-state index in [4.69, 9.17) is 0 Å². The molecule has 0 spiro atoms. The molecule has 4 nitrogen and oxygen atoms in total. The zero-order valence-corrected chi connectivity index (χ0v) is 21.4. The molecule has 4 rings (SSSR count). The largest absolute Gasteiger partial charge is 0.352 e. The van der Waals surface area contributed by atoms with Crippen LogP contribution in [0.4, 0.5) is 0 Å². The normalized spacial score (nSPS) is 15.1. The number of amides is 2. The number of carbonyl (C=O) groups excluding carboxylic acids is 2. The second-order valence-corrected chi connectivity index (χ2v) is 10.2. The summed E-state index contributed by atoms with van der Waals surface area (Å²) in [5.74, 6) is -0.0512. The Morgan fingerprint density at radius 1 is 0.971 bits per heavy atom. The van der Waals surface area contributed by atoms with Crippen molar-refractivity contribution in [2.24, 2.45) is 0 Å². The first-order valence-corrected chi connectivity index (χ1v) is 13.1. The molecule has 3 aromatic carbocycles. The third-order valence-electron chi connectivity index (χ3n) is 6.87. The molecule has 5 heteroatoms. The number of benzene rings is 3. The summed E-state index contributed by atoms with van der Waals surface area (Å²) in [6, 6.07) is 22.1. The molecule has 3 aromatic rings. The Bertz CT molecular complexity index is 1120. The zero-order valence-electron chi connectivity index (χ0n) is 19.8. The number of rotatable bonds is 8. The number of hydrogen-bond donors (Lipinski definition) is 1. The minimum atomic E-state index is -0.523. The fourth-order valence-corrected chi connectivity index (χ4v) is 5.10. The molecule has 1 aliphatic rings. The van der Waals surface area contributed by atoms with Crippen LogP contribution in [-0.4, -0.2) is 28.8 Å². The van der Waals surface area contributed by atoms with E-state index in [1.165, 1.54) is 17.2 Å². The Morgan fingerprint density at radius 3 is 2.44 bits per heavy atom. The van der Waals surface area contributed by atoms with Crippen LogP contribution in [0.15, 0.2) is 71.2 Å². The highest BCUT2D eigenvalue weighted by Gasteiger charge is 2.28. The molecule has 0 heterocycles. The van der Waals surface area contributed by atoms with Crippen molar-refractivity contribution in [1.82, 2.24) is 10.2 Å². The Balaban J connectivity index is 1.49. The number of carbonyl (C=O) groups is 2. The van der Waals surface area contributed by atoms with Gasteiger partial charge in [0, 0.05) is 23.5 Å². The number of halogens is 1. The van der Waals surface area contributed by atoms with E-state index >= 15 is 0 Å². The van der Waals surface area contributed by atoms with Crippen LogP contribution in [-0.2, 0) is 22.6 Å². The van der Waals surface area contributed by atoms with Crippen molar-refractivity contribution in [2.75, 3.05) is 0 Å². The van der Waals surface area contributed by atoms with Crippen molar-refractivity contribution in [3.05, 3.63) is 82.3 Å². The summed E-state index contributed by atoms with van der Waals surface area (Å²) in [4.78, 5) is 28.4. The minimum absolute atomic E-state index is 0.00199. The van der Waals surface area contributed by atoms with Gasteiger partial charge < -0.3 is 10.2 Å². The van der Waals surface area contributed by atoms with Crippen molar-refractivity contribution in [2.45, 2.75) is 70.5 Å². The van der Waals surface area contributed by atoms with Crippen LogP contribution in [0.2, 0.25) is 0 Å². The zero-order chi connectivity index (χ0) is 23.9. The molecular weight excluding hydrogens is 488 g/mol. The van der Waals surface area contributed by atoms with Gasteiger partial charge in [-0.15, -0.1) is 0 Å². The maximum atomic E-state index is 13.5. The van der Waals surface area contributed by atoms with Gasteiger partial charge in [0.25, 0.3) is 0 Å². The van der Waals surface area contributed by atoms with Crippen LogP contribution in [0, 0.1) is 0 Å². The standard InChI is InChI=1S/C29H33BrN2O2/c1-21(29(34)31-26-11-3-2-4-12-26)32(20-22-14-17-25(30)18-15-22)28(33)19-16-24-10-7-9-23-8-5-6-13-27(23)24/h5-10,13-15,17-18,21,26H,2-4,11-12,16,19-20H2,1H3,(H,31,34)/t21-/m1/s1. The van der Waals surface area contributed by atoms with Crippen molar-refractivity contribution in [3.8, 4) is 0 Å². The number of aryl methyl sites for hydroxylation is 1. The molecule has 0 aliphatic heterocycles. The van der Waals surface area contributed by atoms with Crippen molar-refractivity contribution >= 4 is 38.5 Å². The number of nitrogens with one attached hydrogen (secondary N) is 1. The lowest BCUT2D eigenvalue weighted by Crippen LogP contribution is -2.50. The molecule has 0 unspecified atom stereocenters. The highest BCUT2D eigenvalue weighted by atomic mass is 79.9. The Hall–Kier alpha value is -2.66. The highest BCUT2D eigenvalue weighted by molar-refractivity contribution is 9.10. The van der Waals surface area contributed by atoms with E-state index in [2.05, 4.69) is 45.5 Å². The fourth-order valence-electron chi connectivity index (χ4n) is 4.83. The fraction of sp³-hybridized carbons (Fsp3) is 0.379. The molecule has 0 bridgehead atoms. The molecule has 0 radical (unpaired) electrons. The summed E-state index contributed by atoms with van der Waals surface area (Å²) in [6.45, 7) is 2.27. The summed E-state index contributed by atoms with van der Waals surface area (Å²) in [7, 11) is 0. The predicted octanol–water partition coefficient (Wildman–Crippen LogP) is 6.40. The second-order valence-electron chi connectivity index (χ2n) is 9.31. The summed E-state index contributed by atoms with van der Waals surface area (Å²) < 4.78 is 0.994. The smallest absolute Gasteiger partial charge is 0.242 e. The van der Waals surface area contributed by atoms with E-state index in [-0.39, 0.29) is 17.9 Å². The summed E-state index contributed by atoms with van der Waals surface area (Å²) >= 11 is 3.47. The number of nitrogens with zero attached hydrogens (tertiary/aromatic N) is 1. The minimum Gasteiger partial charge on any atom is -0.352 e. The quantitative estimate of drug-likeness (QED) is 0.373. The van der Waals surface area contributed by atoms with Crippen LogP contribution in [0.5, 0.6) is 0 Å². The van der Waals surface area contributed by atoms with Gasteiger partial charge >= 0.3 is 0 Å². The molecule has 178 valence electrons. The van der Waals surface area contributed by atoms with Gasteiger partial charge in [-0.2, -0.15) is 0 Å². The Kier molecular flexibility index (Phi) is 8.39. The number of fused-ring (bicyclic) bond motifs is 1. The van der Waals surface area contributed by atoms with Gasteiger partial charge in [-0.25, -0.2) is 0 Å². The van der Waals surface area contributed by atoms with E-state index in [1.54, 1.807) is 4.90 Å². The Morgan fingerprint density at radius 2 is 1.68 bits per heavy atom. The van der Waals surface area contributed by atoms with Crippen molar-refractivity contribution < 1.29 is 9.59 Å². The maximum Gasteiger partial charge on any atom is 0.242 e. The Labute approximate surface area is 210 Å². The van der Waals surface area contributed by atoms with Crippen LogP contribution in [0.3, 0.4) is 0 Å². The molecule has 1 fully saturated rings. The second kappa shape index (κ2) is 11.7. The first kappa shape index (κ1) is 24.5. The molecule has 2 amide bonds. The molecular formula is C29H33BrN2O2. The lowest BCUT2D eigenvalue weighted by Gasteiger charge is -2.31. The average Bonchev–Trinajstić information content (AvgIpc) is 2.87. The lowest BCUT2D eigenvalue weighted by atomic mass is 9.95. The first-order valence-electron chi connectivity index (χ1n) is 12.3. The summed E-state index contributed by atoms with van der Waals surface area (Å²) in [5, 5.41) is 5.57. The van der Waals surface area contributed by atoms with Crippen molar-refractivity contribution in [1.29, 1.82) is 0 Å². The molecule has 1 saturated carbocycles. The van der Waals surface area contributed by atoms with E-state index < -0.39 is 6.04 Å². The summed E-state index contributed by atoms with van der Waals surface area (Å²) in [5.41, 5.74) is 2.17. The van der Waals surface area contributed by atoms with Gasteiger partial charge in [0.2, 0.25) is 11.8 Å². The van der Waals surface area contributed by atoms with Gasteiger partial charge in [-0.05, 0) is 60.2 Å². The molecule has 0 saturated heterocycles. The first-order chi connectivity index (χ1) is 16.5. The molecule has 1 atom stereocenters.